The van der Waals surface area contributed by atoms with Crippen molar-refractivity contribution >= 4 is 0 Å². The maximum Gasteiger partial charge on any atom is 0.0674 e. The molecule has 88 valence electrons. The van der Waals surface area contributed by atoms with E-state index in [2.05, 4.69) is 49.9 Å². The van der Waals surface area contributed by atoms with Crippen LogP contribution >= 0.6 is 0 Å². The van der Waals surface area contributed by atoms with Gasteiger partial charge in [-0.2, -0.15) is 0 Å². The van der Waals surface area contributed by atoms with E-state index >= 15 is 0 Å². The van der Waals surface area contributed by atoms with Crippen molar-refractivity contribution in [2.24, 2.45) is 0 Å². The van der Waals surface area contributed by atoms with Crippen molar-refractivity contribution in [3.8, 4) is 0 Å². The molecule has 2 atom stereocenters. The summed E-state index contributed by atoms with van der Waals surface area (Å²) in [4.78, 5) is 2.50. The highest BCUT2D eigenvalue weighted by molar-refractivity contribution is 5.21. The Labute approximate surface area is 98.2 Å². The van der Waals surface area contributed by atoms with Gasteiger partial charge in [-0.15, -0.1) is 0 Å². The molecule has 0 bridgehead atoms. The Kier molecular flexibility index (Phi) is 3.62. The van der Waals surface area contributed by atoms with Crippen molar-refractivity contribution < 1.29 is 4.74 Å². The summed E-state index contributed by atoms with van der Waals surface area (Å²) in [5.41, 5.74) is 2.72. The van der Waals surface area contributed by atoms with Gasteiger partial charge in [-0.1, -0.05) is 29.8 Å². The van der Waals surface area contributed by atoms with Crippen LogP contribution in [0.25, 0.3) is 0 Å². The third kappa shape index (κ3) is 2.83. The van der Waals surface area contributed by atoms with Gasteiger partial charge in [0.1, 0.15) is 0 Å². The largest absolute Gasteiger partial charge is 0.376 e. The summed E-state index contributed by atoms with van der Waals surface area (Å²) in [7, 11) is 0. The standard InChI is InChI=1S/C14H21NO/c1-11-4-6-14(7-5-11)9-15-8-13(3)16-10-12(15)2/h4-7,12-13H,8-10H2,1-3H3. The van der Waals surface area contributed by atoms with Crippen LogP contribution in [0.2, 0.25) is 0 Å². The van der Waals surface area contributed by atoms with Crippen molar-refractivity contribution in [2.45, 2.75) is 39.5 Å². The molecule has 1 saturated heterocycles. The van der Waals surface area contributed by atoms with Crippen LogP contribution in [-0.2, 0) is 11.3 Å². The van der Waals surface area contributed by atoms with Gasteiger partial charge in [0.2, 0.25) is 0 Å². The number of hydrogen-bond acceptors (Lipinski definition) is 2. The predicted molar refractivity (Wildman–Crippen MR) is 66.5 cm³/mol. The normalized spacial score (nSPS) is 26.9. The number of morpholine rings is 1. The maximum atomic E-state index is 5.64. The van der Waals surface area contributed by atoms with Crippen molar-refractivity contribution in [2.75, 3.05) is 13.2 Å². The molecule has 2 rings (SSSR count). The minimum atomic E-state index is 0.363. The zero-order chi connectivity index (χ0) is 11.5. The van der Waals surface area contributed by atoms with Gasteiger partial charge in [0.05, 0.1) is 12.7 Å². The molecule has 0 spiro atoms. The molecular weight excluding hydrogens is 198 g/mol. The molecule has 16 heavy (non-hydrogen) atoms. The fraction of sp³-hybridized carbons (Fsp3) is 0.571. The molecule has 0 aliphatic carbocycles. The van der Waals surface area contributed by atoms with Crippen LogP contribution in [0.15, 0.2) is 24.3 Å². The first-order chi connectivity index (χ1) is 7.65. The second kappa shape index (κ2) is 4.98. The van der Waals surface area contributed by atoms with Gasteiger partial charge >= 0.3 is 0 Å². The second-order valence-corrected chi connectivity index (χ2v) is 4.91. The van der Waals surface area contributed by atoms with Gasteiger partial charge in [0.25, 0.3) is 0 Å². The molecule has 1 aliphatic rings. The molecule has 0 radical (unpaired) electrons. The SMILES string of the molecule is Cc1ccc(CN2CC(C)OCC2C)cc1. The summed E-state index contributed by atoms with van der Waals surface area (Å²) in [6.45, 7) is 9.44. The molecule has 1 fully saturated rings. The Balaban J connectivity index is 2.00. The number of hydrogen-bond donors (Lipinski definition) is 0. The molecule has 2 heteroatoms. The molecule has 0 saturated carbocycles. The van der Waals surface area contributed by atoms with Crippen LogP contribution in [-0.4, -0.2) is 30.2 Å². The highest BCUT2D eigenvalue weighted by Gasteiger charge is 2.22. The first-order valence-electron chi connectivity index (χ1n) is 6.06. The van der Waals surface area contributed by atoms with Crippen LogP contribution in [0.5, 0.6) is 0 Å². The van der Waals surface area contributed by atoms with Crippen molar-refractivity contribution in [3.63, 3.8) is 0 Å². The molecule has 1 aliphatic heterocycles. The number of aryl methyl sites for hydroxylation is 1. The van der Waals surface area contributed by atoms with Crippen LogP contribution in [0.1, 0.15) is 25.0 Å². The summed E-state index contributed by atoms with van der Waals surface area (Å²) in [6, 6.07) is 9.34. The molecule has 2 unspecified atom stereocenters. The van der Waals surface area contributed by atoms with Crippen LogP contribution < -0.4 is 0 Å². The van der Waals surface area contributed by atoms with Gasteiger partial charge in [-0.25, -0.2) is 0 Å². The molecule has 1 aromatic carbocycles. The number of nitrogens with zero attached hydrogens (tertiary/aromatic N) is 1. The third-order valence-electron chi connectivity index (χ3n) is 3.24. The zero-order valence-corrected chi connectivity index (χ0v) is 10.4. The quantitative estimate of drug-likeness (QED) is 0.758. The number of rotatable bonds is 2. The van der Waals surface area contributed by atoms with E-state index in [-0.39, 0.29) is 0 Å². The first-order valence-corrected chi connectivity index (χ1v) is 6.06. The Bertz CT molecular complexity index is 333. The third-order valence-corrected chi connectivity index (χ3v) is 3.24. The Morgan fingerprint density at radius 2 is 1.94 bits per heavy atom. The minimum absolute atomic E-state index is 0.363. The van der Waals surface area contributed by atoms with E-state index in [9.17, 15) is 0 Å². The van der Waals surface area contributed by atoms with E-state index in [1.165, 1.54) is 11.1 Å². The molecule has 1 heterocycles. The van der Waals surface area contributed by atoms with Gasteiger partial charge in [0.15, 0.2) is 0 Å². The Morgan fingerprint density at radius 3 is 2.62 bits per heavy atom. The van der Waals surface area contributed by atoms with Gasteiger partial charge in [0, 0.05) is 19.1 Å². The van der Waals surface area contributed by atoms with Crippen molar-refractivity contribution in [1.82, 2.24) is 4.90 Å². The fourth-order valence-corrected chi connectivity index (χ4v) is 2.12. The lowest BCUT2D eigenvalue weighted by atomic mass is 10.1. The topological polar surface area (TPSA) is 12.5 Å². The van der Waals surface area contributed by atoms with Crippen molar-refractivity contribution in [3.05, 3.63) is 35.4 Å². The van der Waals surface area contributed by atoms with E-state index in [1.54, 1.807) is 0 Å². The molecule has 0 amide bonds. The number of benzene rings is 1. The Hall–Kier alpha value is -0.860. The molecular formula is C14H21NO. The highest BCUT2D eigenvalue weighted by Crippen LogP contribution is 2.15. The van der Waals surface area contributed by atoms with Crippen LogP contribution in [0.3, 0.4) is 0 Å². The van der Waals surface area contributed by atoms with Gasteiger partial charge in [-0.05, 0) is 26.3 Å². The van der Waals surface area contributed by atoms with E-state index in [4.69, 9.17) is 4.74 Å². The minimum Gasteiger partial charge on any atom is -0.376 e. The van der Waals surface area contributed by atoms with E-state index < -0.39 is 0 Å². The van der Waals surface area contributed by atoms with E-state index in [1.807, 2.05) is 0 Å². The molecule has 0 aromatic heterocycles. The lowest BCUT2D eigenvalue weighted by Gasteiger charge is -2.36. The molecule has 2 nitrogen and oxygen atoms in total. The molecule has 1 aromatic rings. The number of ether oxygens (including phenoxy) is 1. The summed E-state index contributed by atoms with van der Waals surface area (Å²) >= 11 is 0. The monoisotopic (exact) mass is 219 g/mol. The summed E-state index contributed by atoms with van der Waals surface area (Å²) < 4.78 is 5.64. The van der Waals surface area contributed by atoms with Crippen LogP contribution in [0, 0.1) is 6.92 Å². The molecule has 0 N–H and O–H groups in total. The highest BCUT2D eigenvalue weighted by atomic mass is 16.5. The summed E-state index contributed by atoms with van der Waals surface area (Å²) in [6.07, 6.45) is 0.363. The average Bonchev–Trinajstić information content (AvgIpc) is 2.27. The average molecular weight is 219 g/mol. The smallest absolute Gasteiger partial charge is 0.0674 e. The summed E-state index contributed by atoms with van der Waals surface area (Å²) in [5.74, 6) is 0. The van der Waals surface area contributed by atoms with Gasteiger partial charge < -0.3 is 4.74 Å². The Morgan fingerprint density at radius 1 is 1.25 bits per heavy atom. The van der Waals surface area contributed by atoms with E-state index in [0.717, 1.165) is 19.7 Å². The first kappa shape index (κ1) is 11.6. The lowest BCUT2D eigenvalue weighted by molar-refractivity contribution is -0.0526. The second-order valence-electron chi connectivity index (χ2n) is 4.91. The maximum absolute atomic E-state index is 5.64. The van der Waals surface area contributed by atoms with Gasteiger partial charge in [-0.3, -0.25) is 4.90 Å². The predicted octanol–water partition coefficient (Wildman–Crippen LogP) is 2.60. The van der Waals surface area contributed by atoms with Crippen molar-refractivity contribution in [1.29, 1.82) is 0 Å². The summed E-state index contributed by atoms with van der Waals surface area (Å²) in [5, 5.41) is 0. The zero-order valence-electron chi connectivity index (χ0n) is 10.4. The fourth-order valence-electron chi connectivity index (χ4n) is 2.12. The lowest BCUT2D eigenvalue weighted by Crippen LogP contribution is -2.46. The van der Waals surface area contributed by atoms with Crippen LogP contribution in [0.4, 0.5) is 0 Å². The van der Waals surface area contributed by atoms with E-state index in [0.29, 0.717) is 12.1 Å².